The fourth-order valence-electron chi connectivity index (χ4n) is 4.10. The molecule has 0 fully saturated rings. The Bertz CT molecular complexity index is 1210. The quantitative estimate of drug-likeness (QED) is 0.594. The summed E-state index contributed by atoms with van der Waals surface area (Å²) in [4.78, 5) is 28.5. The monoisotopic (exact) mass is 421 g/mol. The van der Waals surface area contributed by atoms with Gasteiger partial charge in [-0.25, -0.2) is 0 Å². The summed E-state index contributed by atoms with van der Waals surface area (Å²) in [6, 6.07) is 9.70. The molecule has 2 heterocycles. The average molecular weight is 421 g/mol. The van der Waals surface area contributed by atoms with Crippen LogP contribution in [0, 0.1) is 13.8 Å². The first-order chi connectivity index (χ1) is 14.8. The van der Waals surface area contributed by atoms with E-state index in [4.69, 9.17) is 9.15 Å². The van der Waals surface area contributed by atoms with E-state index in [0.29, 0.717) is 41.7 Å². The number of phenols is 1. The molecule has 1 atom stereocenters. The smallest absolute Gasteiger partial charge is 0.290 e. The first kappa shape index (κ1) is 21.1. The molecular formula is C25H27NO5. The van der Waals surface area contributed by atoms with E-state index < -0.39 is 6.04 Å². The van der Waals surface area contributed by atoms with E-state index in [1.807, 2.05) is 45.9 Å². The molecule has 0 saturated heterocycles. The van der Waals surface area contributed by atoms with Crippen LogP contribution < -0.4 is 5.43 Å². The first-order valence-electron chi connectivity index (χ1n) is 10.6. The molecule has 0 aliphatic carbocycles. The van der Waals surface area contributed by atoms with Gasteiger partial charge in [0.25, 0.3) is 5.91 Å². The number of amides is 1. The summed E-state index contributed by atoms with van der Waals surface area (Å²) in [6.07, 6.45) is 0.729. The Morgan fingerprint density at radius 2 is 1.87 bits per heavy atom. The molecule has 6 heteroatoms. The van der Waals surface area contributed by atoms with Crippen molar-refractivity contribution < 1.29 is 19.1 Å². The number of phenolic OH excluding ortho intramolecular Hbond substituents is 1. The maximum Gasteiger partial charge on any atom is 0.290 e. The molecule has 31 heavy (non-hydrogen) atoms. The molecule has 0 radical (unpaired) electrons. The Hall–Kier alpha value is -3.12. The van der Waals surface area contributed by atoms with E-state index in [1.54, 1.807) is 23.1 Å². The van der Waals surface area contributed by atoms with Crippen LogP contribution in [-0.4, -0.2) is 35.2 Å². The number of hydrogen-bond donors (Lipinski definition) is 1. The fraction of sp³-hybridized carbons (Fsp3) is 0.360. The molecule has 1 N–H and O–H groups in total. The SMILES string of the molecule is Cc1cc2oc3c(c(=O)c2cc1C)C(c1cccc(O)c1)N(CCCOC(C)C)C3=O. The van der Waals surface area contributed by atoms with Crippen LogP contribution in [0.1, 0.15) is 59.1 Å². The van der Waals surface area contributed by atoms with Crippen LogP contribution in [0.5, 0.6) is 5.75 Å². The van der Waals surface area contributed by atoms with Gasteiger partial charge in [-0.05, 0) is 75.1 Å². The molecule has 1 aliphatic heterocycles. The normalized spacial score (nSPS) is 15.8. The number of rotatable bonds is 6. The van der Waals surface area contributed by atoms with E-state index in [-0.39, 0.29) is 28.9 Å². The lowest BCUT2D eigenvalue weighted by Gasteiger charge is -2.25. The van der Waals surface area contributed by atoms with Crippen molar-refractivity contribution in [3.05, 3.63) is 74.6 Å². The molecule has 0 spiro atoms. The molecule has 6 nitrogen and oxygen atoms in total. The third-order valence-electron chi connectivity index (χ3n) is 5.76. The summed E-state index contributed by atoms with van der Waals surface area (Å²) < 4.78 is 11.6. The van der Waals surface area contributed by atoms with E-state index in [1.165, 1.54) is 0 Å². The third-order valence-corrected chi connectivity index (χ3v) is 5.76. The zero-order valence-electron chi connectivity index (χ0n) is 18.3. The minimum absolute atomic E-state index is 0.0816. The van der Waals surface area contributed by atoms with Crippen molar-refractivity contribution in [1.29, 1.82) is 0 Å². The van der Waals surface area contributed by atoms with Crippen LogP contribution in [0.4, 0.5) is 0 Å². The van der Waals surface area contributed by atoms with Crippen molar-refractivity contribution in [1.82, 2.24) is 4.90 Å². The molecular weight excluding hydrogens is 394 g/mol. The van der Waals surface area contributed by atoms with Crippen LogP contribution in [0.3, 0.4) is 0 Å². The number of ether oxygens (including phenoxy) is 1. The van der Waals surface area contributed by atoms with Gasteiger partial charge >= 0.3 is 0 Å². The molecule has 0 bridgehead atoms. The Morgan fingerprint density at radius 1 is 1.13 bits per heavy atom. The highest BCUT2D eigenvalue weighted by Gasteiger charge is 2.42. The number of aromatic hydroxyl groups is 1. The largest absolute Gasteiger partial charge is 0.508 e. The summed E-state index contributed by atoms with van der Waals surface area (Å²) >= 11 is 0. The fourth-order valence-corrected chi connectivity index (χ4v) is 4.10. The molecule has 4 rings (SSSR count). The zero-order valence-corrected chi connectivity index (χ0v) is 18.3. The first-order valence-corrected chi connectivity index (χ1v) is 10.6. The van der Waals surface area contributed by atoms with Gasteiger partial charge < -0.3 is 19.2 Å². The van der Waals surface area contributed by atoms with E-state index in [9.17, 15) is 14.7 Å². The number of benzene rings is 2. The lowest BCUT2D eigenvalue weighted by atomic mass is 9.97. The maximum absolute atomic E-state index is 13.5. The molecule has 0 saturated carbocycles. The summed E-state index contributed by atoms with van der Waals surface area (Å²) in [5.74, 6) is -0.151. The predicted octanol–water partition coefficient (Wildman–Crippen LogP) is 4.48. The zero-order chi connectivity index (χ0) is 22.3. The number of carbonyl (C=O) groups is 1. The summed E-state index contributed by atoms with van der Waals surface area (Å²) in [6.45, 7) is 8.73. The second-order valence-electron chi connectivity index (χ2n) is 8.38. The summed E-state index contributed by atoms with van der Waals surface area (Å²) in [5, 5.41) is 10.5. The van der Waals surface area contributed by atoms with E-state index in [0.717, 1.165) is 11.1 Å². The van der Waals surface area contributed by atoms with Gasteiger partial charge in [0, 0.05) is 13.2 Å². The minimum Gasteiger partial charge on any atom is -0.508 e. The van der Waals surface area contributed by atoms with Crippen LogP contribution in [0.25, 0.3) is 11.0 Å². The van der Waals surface area contributed by atoms with Crippen molar-refractivity contribution in [3.8, 4) is 5.75 Å². The lowest BCUT2D eigenvalue weighted by molar-refractivity contribution is 0.0593. The van der Waals surface area contributed by atoms with Gasteiger partial charge in [0.2, 0.25) is 5.76 Å². The molecule has 1 aliphatic rings. The number of hydrogen-bond acceptors (Lipinski definition) is 5. The Labute approximate surface area is 181 Å². The van der Waals surface area contributed by atoms with Gasteiger partial charge in [-0.15, -0.1) is 0 Å². The number of carbonyl (C=O) groups excluding carboxylic acids is 1. The van der Waals surface area contributed by atoms with Crippen LogP contribution in [0.2, 0.25) is 0 Å². The lowest BCUT2D eigenvalue weighted by Crippen LogP contribution is -2.31. The third kappa shape index (κ3) is 3.83. The van der Waals surface area contributed by atoms with Crippen molar-refractivity contribution in [3.63, 3.8) is 0 Å². The van der Waals surface area contributed by atoms with Crippen LogP contribution in [-0.2, 0) is 4.74 Å². The topological polar surface area (TPSA) is 80.0 Å². The Morgan fingerprint density at radius 3 is 2.58 bits per heavy atom. The van der Waals surface area contributed by atoms with Crippen molar-refractivity contribution >= 4 is 16.9 Å². The Kier molecular flexibility index (Phi) is 5.58. The maximum atomic E-state index is 13.5. The van der Waals surface area contributed by atoms with E-state index >= 15 is 0 Å². The second-order valence-corrected chi connectivity index (χ2v) is 8.38. The highest BCUT2D eigenvalue weighted by molar-refractivity contribution is 5.99. The van der Waals surface area contributed by atoms with Gasteiger partial charge in [-0.1, -0.05) is 12.1 Å². The molecule has 2 aromatic carbocycles. The highest BCUT2D eigenvalue weighted by Crippen LogP contribution is 2.39. The molecule has 1 aromatic heterocycles. The number of aryl methyl sites for hydroxylation is 2. The van der Waals surface area contributed by atoms with Gasteiger partial charge in [0.05, 0.1) is 23.1 Å². The summed E-state index contributed by atoms with van der Waals surface area (Å²) in [5.41, 5.74) is 3.19. The molecule has 162 valence electrons. The molecule has 3 aromatic rings. The van der Waals surface area contributed by atoms with E-state index in [2.05, 4.69) is 0 Å². The second kappa shape index (κ2) is 8.19. The van der Waals surface area contributed by atoms with Gasteiger partial charge in [0.1, 0.15) is 11.3 Å². The molecule has 1 unspecified atom stereocenters. The van der Waals surface area contributed by atoms with Gasteiger partial charge in [-0.3, -0.25) is 9.59 Å². The standard InChI is InChI=1S/C25H27NO5/c1-14(2)30-10-6-9-26-22(17-7-5-8-18(27)13-17)21-23(28)19-11-15(3)16(4)12-20(19)31-24(21)25(26)29/h5,7-8,11-14,22,27H,6,9-10H2,1-4H3. The van der Waals surface area contributed by atoms with Crippen molar-refractivity contribution in [2.75, 3.05) is 13.2 Å². The average Bonchev–Trinajstić information content (AvgIpc) is 2.99. The van der Waals surface area contributed by atoms with Gasteiger partial charge in [0.15, 0.2) is 5.43 Å². The Balaban J connectivity index is 1.85. The summed E-state index contributed by atoms with van der Waals surface area (Å²) in [7, 11) is 0. The number of nitrogens with zero attached hydrogens (tertiary/aromatic N) is 1. The molecule has 1 amide bonds. The van der Waals surface area contributed by atoms with Crippen LogP contribution >= 0.6 is 0 Å². The minimum atomic E-state index is -0.615. The van der Waals surface area contributed by atoms with Gasteiger partial charge in [-0.2, -0.15) is 0 Å². The predicted molar refractivity (Wildman–Crippen MR) is 119 cm³/mol. The van der Waals surface area contributed by atoms with Crippen molar-refractivity contribution in [2.24, 2.45) is 0 Å². The van der Waals surface area contributed by atoms with Crippen molar-refractivity contribution in [2.45, 2.75) is 46.3 Å². The highest BCUT2D eigenvalue weighted by atomic mass is 16.5. The van der Waals surface area contributed by atoms with Crippen LogP contribution in [0.15, 0.2) is 45.6 Å². The number of fused-ring (bicyclic) bond motifs is 2.